The van der Waals surface area contributed by atoms with Crippen molar-refractivity contribution in [2.75, 3.05) is 32.8 Å². The molecule has 1 aliphatic rings. The summed E-state index contributed by atoms with van der Waals surface area (Å²) in [5.74, 6) is -0.159. The maximum Gasteiger partial charge on any atom is 0.254 e. The lowest BCUT2D eigenvalue weighted by Gasteiger charge is -2.25. The average Bonchev–Trinajstić information content (AvgIpc) is 2.56. The van der Waals surface area contributed by atoms with Crippen molar-refractivity contribution < 1.29 is 9.53 Å². The summed E-state index contributed by atoms with van der Waals surface area (Å²) in [6.07, 6.45) is 1.51. The predicted octanol–water partition coefficient (Wildman–Crippen LogP) is 1.67. The van der Waals surface area contributed by atoms with E-state index in [1.54, 1.807) is 0 Å². The van der Waals surface area contributed by atoms with Crippen LogP contribution in [0.15, 0.2) is 35.4 Å². The topological polar surface area (TPSA) is 66.8 Å². The Kier molecular flexibility index (Phi) is 5.17. The third kappa shape index (κ3) is 4.25. The number of aromatic nitrogens is 1. The van der Waals surface area contributed by atoms with Crippen LogP contribution < -0.4 is 5.43 Å². The molecule has 23 heavy (non-hydrogen) atoms. The van der Waals surface area contributed by atoms with E-state index in [1.807, 2.05) is 35.2 Å². The van der Waals surface area contributed by atoms with Crippen LogP contribution in [0.3, 0.4) is 0 Å². The van der Waals surface area contributed by atoms with Gasteiger partial charge in [-0.05, 0) is 12.1 Å². The molecule has 1 fully saturated rings. The number of para-hydroxylation sites is 1. The van der Waals surface area contributed by atoms with Crippen LogP contribution in [0.1, 0.15) is 5.56 Å². The molecule has 1 aromatic heterocycles. The van der Waals surface area contributed by atoms with E-state index in [0.717, 1.165) is 24.0 Å². The molecular weight excluding hydrogens is 316 g/mol. The Morgan fingerprint density at radius 2 is 2.17 bits per heavy atom. The highest BCUT2D eigenvalue weighted by atomic mass is 35.5. The smallest absolute Gasteiger partial charge is 0.254 e. The summed E-state index contributed by atoms with van der Waals surface area (Å²) in [6, 6.07) is 9.58. The fourth-order valence-electron chi connectivity index (χ4n) is 2.37. The van der Waals surface area contributed by atoms with Gasteiger partial charge < -0.3 is 4.74 Å². The number of fused-ring (bicyclic) bond motifs is 1. The lowest BCUT2D eigenvalue weighted by molar-refractivity contribution is -0.123. The molecule has 1 aliphatic heterocycles. The predicted molar refractivity (Wildman–Crippen MR) is 89.7 cm³/mol. The first-order valence-corrected chi connectivity index (χ1v) is 7.77. The quantitative estimate of drug-likeness (QED) is 0.525. The van der Waals surface area contributed by atoms with E-state index < -0.39 is 0 Å². The molecule has 2 heterocycles. The number of nitrogens with zero attached hydrogens (tertiary/aromatic N) is 3. The number of rotatable bonds is 4. The Balaban J connectivity index is 1.61. The first-order chi connectivity index (χ1) is 11.2. The molecule has 0 atom stereocenters. The lowest BCUT2D eigenvalue weighted by Crippen LogP contribution is -2.42. The number of amides is 1. The number of ether oxygens (including phenoxy) is 1. The summed E-state index contributed by atoms with van der Waals surface area (Å²) in [7, 11) is 0. The van der Waals surface area contributed by atoms with E-state index in [1.165, 1.54) is 6.21 Å². The van der Waals surface area contributed by atoms with Gasteiger partial charge in [0.25, 0.3) is 5.91 Å². The molecule has 0 saturated carbocycles. The number of hydrogen-bond acceptors (Lipinski definition) is 5. The van der Waals surface area contributed by atoms with Crippen LogP contribution in [-0.4, -0.2) is 54.9 Å². The fourth-order valence-corrected chi connectivity index (χ4v) is 2.57. The van der Waals surface area contributed by atoms with Gasteiger partial charge in [-0.1, -0.05) is 29.8 Å². The summed E-state index contributed by atoms with van der Waals surface area (Å²) >= 11 is 6.14. The maximum atomic E-state index is 11.8. The monoisotopic (exact) mass is 332 g/mol. The second-order valence-electron chi connectivity index (χ2n) is 5.24. The summed E-state index contributed by atoms with van der Waals surface area (Å²) in [5.41, 5.74) is 4.00. The second-order valence-corrected chi connectivity index (χ2v) is 5.60. The van der Waals surface area contributed by atoms with Crippen molar-refractivity contribution in [2.24, 2.45) is 5.10 Å². The van der Waals surface area contributed by atoms with E-state index in [2.05, 4.69) is 15.5 Å². The normalized spacial score (nSPS) is 16.0. The van der Waals surface area contributed by atoms with Gasteiger partial charge >= 0.3 is 0 Å². The molecule has 120 valence electrons. The highest BCUT2D eigenvalue weighted by Gasteiger charge is 2.13. The number of halogens is 1. The molecule has 0 bridgehead atoms. The van der Waals surface area contributed by atoms with Gasteiger partial charge in [0.05, 0.1) is 31.5 Å². The van der Waals surface area contributed by atoms with Crippen LogP contribution in [0, 0.1) is 0 Å². The van der Waals surface area contributed by atoms with Gasteiger partial charge in [-0.3, -0.25) is 9.69 Å². The molecule has 2 aromatic rings. The zero-order valence-corrected chi connectivity index (χ0v) is 13.3. The molecule has 0 radical (unpaired) electrons. The minimum Gasteiger partial charge on any atom is -0.379 e. The largest absolute Gasteiger partial charge is 0.379 e. The number of benzene rings is 1. The number of carbonyl (C=O) groups excluding carboxylic acids is 1. The average molecular weight is 333 g/mol. The maximum absolute atomic E-state index is 11.8. The first kappa shape index (κ1) is 15.9. The zero-order valence-electron chi connectivity index (χ0n) is 12.5. The van der Waals surface area contributed by atoms with Crippen LogP contribution in [0.4, 0.5) is 0 Å². The molecule has 7 heteroatoms. The van der Waals surface area contributed by atoms with Gasteiger partial charge in [0.15, 0.2) is 0 Å². The Hall–Kier alpha value is -2.02. The summed E-state index contributed by atoms with van der Waals surface area (Å²) in [6.45, 7) is 3.16. The molecular formula is C16H17ClN4O2. The Morgan fingerprint density at radius 1 is 1.39 bits per heavy atom. The van der Waals surface area contributed by atoms with Crippen LogP contribution in [0.25, 0.3) is 10.9 Å². The minimum atomic E-state index is -0.159. The number of hydrazone groups is 1. The molecule has 0 spiro atoms. The molecule has 0 unspecified atom stereocenters. The van der Waals surface area contributed by atoms with Gasteiger partial charge in [-0.15, -0.1) is 0 Å². The van der Waals surface area contributed by atoms with E-state index >= 15 is 0 Å². The molecule has 1 saturated heterocycles. The first-order valence-electron chi connectivity index (χ1n) is 7.40. The molecule has 6 nitrogen and oxygen atoms in total. The van der Waals surface area contributed by atoms with Crippen LogP contribution in [0.5, 0.6) is 0 Å². The SMILES string of the molecule is O=C(CN1CCOCC1)N/N=C/c1cc2ccccc2nc1Cl. The summed E-state index contributed by atoms with van der Waals surface area (Å²) in [5, 5.41) is 5.29. The number of pyridine rings is 1. The third-order valence-electron chi connectivity index (χ3n) is 3.57. The Labute approximate surface area is 139 Å². The van der Waals surface area contributed by atoms with E-state index in [4.69, 9.17) is 16.3 Å². The number of nitrogens with one attached hydrogen (secondary N) is 1. The van der Waals surface area contributed by atoms with E-state index in [-0.39, 0.29) is 5.91 Å². The highest BCUT2D eigenvalue weighted by Crippen LogP contribution is 2.18. The van der Waals surface area contributed by atoms with E-state index in [9.17, 15) is 4.79 Å². The summed E-state index contributed by atoms with van der Waals surface area (Å²) < 4.78 is 5.24. The van der Waals surface area contributed by atoms with Crippen molar-refractivity contribution in [3.8, 4) is 0 Å². The van der Waals surface area contributed by atoms with Gasteiger partial charge in [0, 0.05) is 24.0 Å². The highest BCUT2D eigenvalue weighted by molar-refractivity contribution is 6.32. The lowest BCUT2D eigenvalue weighted by atomic mass is 10.2. The van der Waals surface area contributed by atoms with Crippen molar-refractivity contribution in [3.05, 3.63) is 41.0 Å². The number of hydrogen-bond donors (Lipinski definition) is 1. The molecule has 3 rings (SSSR count). The van der Waals surface area contributed by atoms with Crippen molar-refractivity contribution in [2.45, 2.75) is 0 Å². The van der Waals surface area contributed by atoms with E-state index in [0.29, 0.717) is 30.5 Å². The van der Waals surface area contributed by atoms with Crippen LogP contribution >= 0.6 is 11.6 Å². The molecule has 1 aromatic carbocycles. The Bertz CT molecular complexity index is 729. The summed E-state index contributed by atoms with van der Waals surface area (Å²) in [4.78, 5) is 18.2. The zero-order chi connectivity index (χ0) is 16.1. The third-order valence-corrected chi connectivity index (χ3v) is 3.87. The Morgan fingerprint density at radius 3 is 3.00 bits per heavy atom. The van der Waals surface area contributed by atoms with Crippen molar-refractivity contribution in [1.29, 1.82) is 0 Å². The van der Waals surface area contributed by atoms with Gasteiger partial charge in [0.2, 0.25) is 0 Å². The fraction of sp³-hybridized carbons (Fsp3) is 0.312. The van der Waals surface area contributed by atoms with Crippen molar-refractivity contribution >= 4 is 34.6 Å². The van der Waals surface area contributed by atoms with Gasteiger partial charge in [0.1, 0.15) is 5.15 Å². The molecule has 1 N–H and O–H groups in total. The molecule has 0 aliphatic carbocycles. The minimum absolute atomic E-state index is 0.159. The van der Waals surface area contributed by atoms with Gasteiger partial charge in [-0.2, -0.15) is 5.10 Å². The number of carbonyl (C=O) groups is 1. The van der Waals surface area contributed by atoms with Crippen molar-refractivity contribution in [1.82, 2.24) is 15.3 Å². The standard InChI is InChI=1S/C16H17ClN4O2/c17-16-13(9-12-3-1-2-4-14(12)19-16)10-18-20-15(22)11-21-5-7-23-8-6-21/h1-4,9-10H,5-8,11H2,(H,20,22)/b18-10+. The van der Waals surface area contributed by atoms with Crippen molar-refractivity contribution in [3.63, 3.8) is 0 Å². The van der Waals surface area contributed by atoms with Crippen LogP contribution in [-0.2, 0) is 9.53 Å². The second kappa shape index (κ2) is 7.50. The van der Waals surface area contributed by atoms with Crippen LogP contribution in [0.2, 0.25) is 5.15 Å². The van der Waals surface area contributed by atoms with Gasteiger partial charge in [-0.25, -0.2) is 10.4 Å². The molecule has 1 amide bonds. The number of morpholine rings is 1.